The molecule has 1 aromatic rings. The Morgan fingerprint density at radius 2 is 2.14 bits per heavy atom. The summed E-state index contributed by atoms with van der Waals surface area (Å²) in [7, 11) is 0. The van der Waals surface area contributed by atoms with Crippen molar-refractivity contribution in [3.8, 4) is 0 Å². The Bertz CT molecular complexity index is 275. The molecular formula is C10H16N4. The zero-order valence-electron chi connectivity index (χ0n) is 8.19. The van der Waals surface area contributed by atoms with Crippen LogP contribution in [0.2, 0.25) is 0 Å². The topological polar surface area (TPSA) is 63.8 Å². The number of aromatic nitrogens is 2. The van der Waals surface area contributed by atoms with Gasteiger partial charge in [-0.3, -0.25) is 0 Å². The fourth-order valence-corrected chi connectivity index (χ4v) is 1.93. The number of hydrogen-bond acceptors (Lipinski definition) is 4. The van der Waals surface area contributed by atoms with Gasteiger partial charge in [0.1, 0.15) is 0 Å². The molecule has 2 atom stereocenters. The Hall–Kier alpha value is -1.16. The third-order valence-corrected chi connectivity index (χ3v) is 2.70. The molecule has 0 aromatic carbocycles. The van der Waals surface area contributed by atoms with E-state index in [4.69, 9.17) is 5.73 Å². The molecule has 1 fully saturated rings. The van der Waals surface area contributed by atoms with Crippen molar-refractivity contribution >= 4 is 5.95 Å². The van der Waals surface area contributed by atoms with Gasteiger partial charge in [0.05, 0.1) is 0 Å². The zero-order valence-corrected chi connectivity index (χ0v) is 8.19. The Kier molecular flexibility index (Phi) is 2.93. The molecule has 0 bridgehead atoms. The summed E-state index contributed by atoms with van der Waals surface area (Å²) in [5, 5.41) is 3.23. The second-order valence-corrected chi connectivity index (χ2v) is 3.89. The highest BCUT2D eigenvalue weighted by Gasteiger charge is 2.21. The predicted molar refractivity (Wildman–Crippen MR) is 55.8 cm³/mol. The first kappa shape index (κ1) is 9.40. The van der Waals surface area contributed by atoms with Crippen molar-refractivity contribution in [2.75, 3.05) is 11.9 Å². The minimum absolute atomic E-state index is 0.401. The van der Waals surface area contributed by atoms with Crippen LogP contribution in [0.15, 0.2) is 18.5 Å². The van der Waals surface area contributed by atoms with Crippen molar-refractivity contribution in [3.63, 3.8) is 0 Å². The number of hydrogen-bond donors (Lipinski definition) is 2. The molecule has 76 valence electrons. The summed E-state index contributed by atoms with van der Waals surface area (Å²) in [5.41, 5.74) is 5.84. The molecule has 0 saturated heterocycles. The van der Waals surface area contributed by atoms with Crippen LogP contribution in [0, 0.1) is 5.92 Å². The van der Waals surface area contributed by atoms with E-state index in [1.807, 2.05) is 6.07 Å². The molecule has 0 aliphatic heterocycles. The fourth-order valence-electron chi connectivity index (χ4n) is 1.93. The van der Waals surface area contributed by atoms with Crippen molar-refractivity contribution in [3.05, 3.63) is 18.5 Å². The first-order chi connectivity index (χ1) is 6.84. The number of anilines is 1. The fraction of sp³-hybridized carbons (Fsp3) is 0.600. The number of nitrogens with one attached hydrogen (secondary N) is 1. The van der Waals surface area contributed by atoms with Crippen molar-refractivity contribution in [1.82, 2.24) is 9.97 Å². The normalized spacial score (nSPS) is 26.4. The van der Waals surface area contributed by atoms with Crippen molar-refractivity contribution in [2.45, 2.75) is 25.3 Å². The van der Waals surface area contributed by atoms with Crippen LogP contribution in [-0.2, 0) is 0 Å². The first-order valence-corrected chi connectivity index (χ1v) is 5.11. The van der Waals surface area contributed by atoms with Crippen LogP contribution in [0.1, 0.15) is 19.3 Å². The van der Waals surface area contributed by atoms with Crippen LogP contribution >= 0.6 is 0 Å². The van der Waals surface area contributed by atoms with E-state index in [1.54, 1.807) is 12.4 Å². The van der Waals surface area contributed by atoms with Gasteiger partial charge in [0.2, 0.25) is 5.95 Å². The third-order valence-electron chi connectivity index (χ3n) is 2.70. The van der Waals surface area contributed by atoms with Crippen molar-refractivity contribution in [1.29, 1.82) is 0 Å². The van der Waals surface area contributed by atoms with E-state index in [0.29, 0.717) is 17.9 Å². The predicted octanol–water partition coefficient (Wildman–Crippen LogP) is 1.02. The molecule has 1 aliphatic carbocycles. The monoisotopic (exact) mass is 192 g/mol. The number of nitrogens with zero attached hydrogens (tertiary/aromatic N) is 2. The van der Waals surface area contributed by atoms with Crippen LogP contribution in [0.3, 0.4) is 0 Å². The van der Waals surface area contributed by atoms with Gasteiger partial charge >= 0.3 is 0 Å². The molecule has 1 unspecified atom stereocenters. The minimum atomic E-state index is 0.401. The van der Waals surface area contributed by atoms with Crippen LogP contribution in [-0.4, -0.2) is 22.6 Å². The second-order valence-electron chi connectivity index (χ2n) is 3.89. The van der Waals surface area contributed by atoms with E-state index in [2.05, 4.69) is 15.3 Å². The lowest BCUT2D eigenvalue weighted by atomic mass is 10.1. The van der Waals surface area contributed by atoms with Gasteiger partial charge in [0.15, 0.2) is 0 Å². The average molecular weight is 192 g/mol. The average Bonchev–Trinajstić information content (AvgIpc) is 2.63. The Labute approximate surface area is 83.9 Å². The quantitative estimate of drug-likeness (QED) is 0.750. The summed E-state index contributed by atoms with van der Waals surface area (Å²) in [6, 6.07) is 2.22. The van der Waals surface area contributed by atoms with E-state index in [1.165, 1.54) is 6.42 Å². The van der Waals surface area contributed by atoms with Gasteiger partial charge < -0.3 is 11.1 Å². The maximum absolute atomic E-state index is 5.84. The standard InChI is InChI=1S/C10H16N4/c11-9-3-2-8(6-9)7-14-10-12-4-1-5-13-10/h1,4-5,8-9H,2-3,6-7,11H2,(H,12,13,14)/t8-,9?/m1/s1. The van der Waals surface area contributed by atoms with Crippen LogP contribution in [0.25, 0.3) is 0 Å². The summed E-state index contributed by atoms with van der Waals surface area (Å²) >= 11 is 0. The summed E-state index contributed by atoms with van der Waals surface area (Å²) in [5.74, 6) is 1.40. The third kappa shape index (κ3) is 2.42. The Morgan fingerprint density at radius 1 is 1.36 bits per heavy atom. The molecular weight excluding hydrogens is 176 g/mol. The second kappa shape index (κ2) is 4.37. The highest BCUT2D eigenvalue weighted by Crippen LogP contribution is 2.23. The largest absolute Gasteiger partial charge is 0.354 e. The highest BCUT2D eigenvalue weighted by atomic mass is 15.1. The molecule has 0 radical (unpaired) electrons. The van der Waals surface area contributed by atoms with E-state index in [0.717, 1.165) is 19.4 Å². The molecule has 14 heavy (non-hydrogen) atoms. The van der Waals surface area contributed by atoms with Crippen LogP contribution in [0.4, 0.5) is 5.95 Å². The van der Waals surface area contributed by atoms with Crippen LogP contribution < -0.4 is 11.1 Å². The van der Waals surface area contributed by atoms with Gasteiger partial charge in [-0.05, 0) is 31.2 Å². The minimum Gasteiger partial charge on any atom is -0.354 e. The molecule has 1 aromatic heterocycles. The Balaban J connectivity index is 1.78. The van der Waals surface area contributed by atoms with Crippen molar-refractivity contribution < 1.29 is 0 Å². The van der Waals surface area contributed by atoms with Crippen molar-refractivity contribution in [2.24, 2.45) is 11.7 Å². The molecule has 2 rings (SSSR count). The maximum atomic E-state index is 5.84. The summed E-state index contributed by atoms with van der Waals surface area (Å²) in [6.07, 6.45) is 6.99. The van der Waals surface area contributed by atoms with Gasteiger partial charge in [-0.25, -0.2) is 9.97 Å². The zero-order chi connectivity index (χ0) is 9.80. The molecule has 1 saturated carbocycles. The summed E-state index contributed by atoms with van der Waals surface area (Å²) in [6.45, 7) is 0.942. The lowest BCUT2D eigenvalue weighted by Gasteiger charge is -2.10. The maximum Gasteiger partial charge on any atom is 0.222 e. The molecule has 1 aliphatic rings. The van der Waals surface area contributed by atoms with E-state index in [9.17, 15) is 0 Å². The van der Waals surface area contributed by atoms with E-state index in [-0.39, 0.29) is 0 Å². The van der Waals surface area contributed by atoms with Gasteiger partial charge in [0.25, 0.3) is 0 Å². The van der Waals surface area contributed by atoms with Crippen LogP contribution in [0.5, 0.6) is 0 Å². The highest BCUT2D eigenvalue weighted by molar-refractivity contribution is 5.22. The lowest BCUT2D eigenvalue weighted by Crippen LogP contribution is -2.18. The smallest absolute Gasteiger partial charge is 0.222 e. The Morgan fingerprint density at radius 3 is 2.79 bits per heavy atom. The summed E-state index contributed by atoms with van der Waals surface area (Å²) in [4.78, 5) is 8.21. The molecule has 1 heterocycles. The van der Waals surface area contributed by atoms with Gasteiger partial charge in [-0.1, -0.05) is 0 Å². The number of rotatable bonds is 3. The summed E-state index contributed by atoms with van der Waals surface area (Å²) < 4.78 is 0. The lowest BCUT2D eigenvalue weighted by molar-refractivity contribution is 0.564. The molecule has 4 heteroatoms. The van der Waals surface area contributed by atoms with E-state index < -0.39 is 0 Å². The molecule has 3 N–H and O–H groups in total. The van der Waals surface area contributed by atoms with Gasteiger partial charge in [-0.15, -0.1) is 0 Å². The molecule has 4 nitrogen and oxygen atoms in total. The molecule has 0 amide bonds. The SMILES string of the molecule is NC1CC[C@@H](CNc2ncccn2)C1. The van der Waals surface area contributed by atoms with Gasteiger partial charge in [-0.2, -0.15) is 0 Å². The first-order valence-electron chi connectivity index (χ1n) is 5.11. The molecule has 0 spiro atoms. The number of nitrogens with two attached hydrogens (primary N) is 1. The van der Waals surface area contributed by atoms with E-state index >= 15 is 0 Å². The van der Waals surface area contributed by atoms with Gasteiger partial charge in [0, 0.05) is 25.0 Å².